The Kier molecular flexibility index (Phi) is 5.14. The number of carbonyl (C=O) groups excluding carboxylic acids is 2. The van der Waals surface area contributed by atoms with Crippen LogP contribution in [0.3, 0.4) is 0 Å². The van der Waals surface area contributed by atoms with Gasteiger partial charge in [-0.2, -0.15) is 0 Å². The third kappa shape index (κ3) is 4.07. The lowest BCUT2D eigenvalue weighted by Gasteiger charge is -2.08. The molecule has 0 radical (unpaired) electrons. The minimum Gasteiger partial charge on any atom is -0.361 e. The predicted molar refractivity (Wildman–Crippen MR) is 98.5 cm³/mol. The molecule has 0 spiro atoms. The molecule has 5 nitrogen and oxygen atoms in total. The Labute approximate surface area is 146 Å². The third-order valence-corrected chi connectivity index (χ3v) is 4.19. The molecule has 1 heterocycles. The number of aryl methyl sites for hydroxylation is 1. The highest BCUT2D eigenvalue weighted by Crippen LogP contribution is 2.17. The van der Waals surface area contributed by atoms with Crippen molar-refractivity contribution in [2.45, 2.75) is 13.3 Å². The van der Waals surface area contributed by atoms with Crippen molar-refractivity contribution in [2.75, 3.05) is 13.1 Å². The van der Waals surface area contributed by atoms with Gasteiger partial charge in [-0.15, -0.1) is 0 Å². The van der Waals surface area contributed by atoms with Crippen LogP contribution in [0.2, 0.25) is 0 Å². The second-order valence-electron chi connectivity index (χ2n) is 5.96. The smallest absolute Gasteiger partial charge is 0.251 e. The van der Waals surface area contributed by atoms with E-state index in [0.717, 1.165) is 17.5 Å². The molecule has 5 heteroatoms. The monoisotopic (exact) mass is 335 g/mol. The zero-order valence-electron chi connectivity index (χ0n) is 14.1. The van der Waals surface area contributed by atoms with Crippen LogP contribution < -0.4 is 10.6 Å². The lowest BCUT2D eigenvalue weighted by Crippen LogP contribution is -2.37. The molecule has 3 aromatic rings. The first-order valence-corrected chi connectivity index (χ1v) is 8.30. The molecule has 0 aliphatic heterocycles. The van der Waals surface area contributed by atoms with Crippen molar-refractivity contribution in [2.24, 2.45) is 0 Å². The molecule has 2 aromatic carbocycles. The number of nitrogens with one attached hydrogen (secondary N) is 3. The summed E-state index contributed by atoms with van der Waals surface area (Å²) in [5, 5.41) is 6.67. The Morgan fingerprint density at radius 3 is 2.60 bits per heavy atom. The van der Waals surface area contributed by atoms with Crippen LogP contribution in [0.25, 0.3) is 10.9 Å². The van der Waals surface area contributed by atoms with Crippen molar-refractivity contribution in [3.8, 4) is 0 Å². The van der Waals surface area contributed by atoms with Gasteiger partial charge in [0, 0.05) is 29.2 Å². The molecular weight excluding hydrogens is 314 g/mol. The number of rotatable bonds is 6. The predicted octanol–water partition coefficient (Wildman–Crippen LogP) is 2.57. The van der Waals surface area contributed by atoms with Gasteiger partial charge in [0.1, 0.15) is 0 Å². The quantitative estimate of drug-likeness (QED) is 0.648. The number of hydrogen-bond donors (Lipinski definition) is 3. The second-order valence-corrected chi connectivity index (χ2v) is 5.96. The summed E-state index contributed by atoms with van der Waals surface area (Å²) >= 11 is 0. The molecule has 0 aliphatic carbocycles. The SMILES string of the molecule is Cc1ccccc1C(=O)NCC(=O)NCCc1c[nH]c2ccccc12. The molecule has 3 rings (SSSR count). The highest BCUT2D eigenvalue weighted by Gasteiger charge is 2.10. The number of fused-ring (bicyclic) bond motifs is 1. The number of H-pyrrole nitrogens is 1. The summed E-state index contributed by atoms with van der Waals surface area (Å²) in [6.45, 7) is 2.37. The van der Waals surface area contributed by atoms with E-state index in [9.17, 15) is 9.59 Å². The lowest BCUT2D eigenvalue weighted by molar-refractivity contribution is -0.120. The Hall–Kier alpha value is -3.08. The third-order valence-electron chi connectivity index (χ3n) is 4.19. The number of aromatic amines is 1. The standard InChI is InChI=1S/C20H21N3O2/c1-14-6-2-3-7-16(14)20(25)23-13-19(24)21-11-10-15-12-22-18-9-5-4-8-17(15)18/h2-9,12,22H,10-11,13H2,1H3,(H,21,24)(H,23,25). The van der Waals surface area contributed by atoms with E-state index in [-0.39, 0.29) is 18.4 Å². The second kappa shape index (κ2) is 7.66. The van der Waals surface area contributed by atoms with Crippen LogP contribution in [0.1, 0.15) is 21.5 Å². The van der Waals surface area contributed by atoms with Crippen LogP contribution in [-0.2, 0) is 11.2 Å². The number of benzene rings is 2. The van der Waals surface area contributed by atoms with Gasteiger partial charge in [-0.1, -0.05) is 36.4 Å². The van der Waals surface area contributed by atoms with Gasteiger partial charge >= 0.3 is 0 Å². The molecule has 0 fully saturated rings. The van der Waals surface area contributed by atoms with Crippen molar-refractivity contribution in [3.63, 3.8) is 0 Å². The fourth-order valence-electron chi connectivity index (χ4n) is 2.82. The number of aromatic nitrogens is 1. The number of amides is 2. The molecule has 0 unspecified atom stereocenters. The molecule has 128 valence electrons. The molecule has 2 amide bonds. The largest absolute Gasteiger partial charge is 0.361 e. The van der Waals surface area contributed by atoms with E-state index >= 15 is 0 Å². The summed E-state index contributed by atoms with van der Waals surface area (Å²) in [5.74, 6) is -0.424. The summed E-state index contributed by atoms with van der Waals surface area (Å²) in [6, 6.07) is 15.4. The zero-order valence-corrected chi connectivity index (χ0v) is 14.1. The molecule has 0 saturated carbocycles. The average molecular weight is 335 g/mol. The van der Waals surface area contributed by atoms with E-state index < -0.39 is 0 Å². The van der Waals surface area contributed by atoms with Crippen molar-refractivity contribution < 1.29 is 9.59 Å². The molecule has 0 atom stereocenters. The highest BCUT2D eigenvalue weighted by atomic mass is 16.2. The summed E-state index contributed by atoms with van der Waals surface area (Å²) < 4.78 is 0. The van der Waals surface area contributed by atoms with Crippen LogP contribution in [0.5, 0.6) is 0 Å². The van der Waals surface area contributed by atoms with E-state index in [1.54, 1.807) is 6.07 Å². The van der Waals surface area contributed by atoms with Crippen molar-refractivity contribution in [1.29, 1.82) is 0 Å². The molecule has 25 heavy (non-hydrogen) atoms. The summed E-state index contributed by atoms with van der Waals surface area (Å²) in [4.78, 5) is 27.2. The normalized spacial score (nSPS) is 10.6. The van der Waals surface area contributed by atoms with E-state index in [1.807, 2.05) is 49.5 Å². The maximum absolute atomic E-state index is 12.1. The van der Waals surface area contributed by atoms with Crippen LogP contribution in [0.15, 0.2) is 54.7 Å². The van der Waals surface area contributed by atoms with Gasteiger partial charge in [-0.3, -0.25) is 9.59 Å². The van der Waals surface area contributed by atoms with Gasteiger partial charge in [0.25, 0.3) is 5.91 Å². The Morgan fingerprint density at radius 2 is 1.76 bits per heavy atom. The van der Waals surface area contributed by atoms with E-state index in [2.05, 4.69) is 21.7 Å². The minimum atomic E-state index is -0.232. The van der Waals surface area contributed by atoms with Crippen LogP contribution >= 0.6 is 0 Å². The van der Waals surface area contributed by atoms with Gasteiger partial charge in [0.2, 0.25) is 5.91 Å². The Bertz CT molecular complexity index is 899. The molecule has 0 aliphatic rings. The first kappa shape index (κ1) is 16.8. The van der Waals surface area contributed by atoms with Gasteiger partial charge < -0.3 is 15.6 Å². The molecular formula is C20H21N3O2. The van der Waals surface area contributed by atoms with Gasteiger partial charge in [-0.25, -0.2) is 0 Å². The minimum absolute atomic E-state index is 0.0267. The molecule has 0 bridgehead atoms. The zero-order chi connectivity index (χ0) is 17.6. The van der Waals surface area contributed by atoms with Gasteiger partial charge in [0.15, 0.2) is 0 Å². The molecule has 3 N–H and O–H groups in total. The first-order valence-electron chi connectivity index (χ1n) is 8.30. The van der Waals surface area contributed by atoms with Gasteiger partial charge in [0.05, 0.1) is 6.54 Å². The van der Waals surface area contributed by atoms with Crippen molar-refractivity contribution in [1.82, 2.24) is 15.6 Å². The summed E-state index contributed by atoms with van der Waals surface area (Å²) in [5.41, 5.74) is 3.74. The fourth-order valence-corrected chi connectivity index (χ4v) is 2.82. The topological polar surface area (TPSA) is 74.0 Å². The number of para-hydroxylation sites is 1. The van der Waals surface area contributed by atoms with Crippen LogP contribution in [0.4, 0.5) is 0 Å². The van der Waals surface area contributed by atoms with Crippen LogP contribution in [0, 0.1) is 6.92 Å². The highest BCUT2D eigenvalue weighted by molar-refractivity contribution is 5.97. The number of hydrogen-bond acceptors (Lipinski definition) is 2. The van der Waals surface area contributed by atoms with E-state index in [1.165, 1.54) is 10.9 Å². The maximum atomic E-state index is 12.1. The van der Waals surface area contributed by atoms with Gasteiger partial charge in [-0.05, 0) is 36.6 Å². The Balaban J connectivity index is 1.45. The van der Waals surface area contributed by atoms with Crippen LogP contribution in [-0.4, -0.2) is 29.9 Å². The molecule has 1 aromatic heterocycles. The van der Waals surface area contributed by atoms with Crippen molar-refractivity contribution >= 4 is 22.7 Å². The number of carbonyl (C=O) groups is 2. The summed E-state index contributed by atoms with van der Waals surface area (Å²) in [6.07, 6.45) is 2.71. The van der Waals surface area contributed by atoms with E-state index in [4.69, 9.17) is 0 Å². The fraction of sp³-hybridized carbons (Fsp3) is 0.200. The average Bonchev–Trinajstić information content (AvgIpc) is 3.03. The van der Waals surface area contributed by atoms with Crippen molar-refractivity contribution in [3.05, 3.63) is 71.4 Å². The molecule has 0 saturated heterocycles. The van der Waals surface area contributed by atoms with E-state index in [0.29, 0.717) is 12.1 Å². The lowest BCUT2D eigenvalue weighted by atomic mass is 10.1. The maximum Gasteiger partial charge on any atom is 0.251 e. The first-order chi connectivity index (χ1) is 12.1. The summed E-state index contributed by atoms with van der Waals surface area (Å²) in [7, 11) is 0. The Morgan fingerprint density at radius 1 is 1.00 bits per heavy atom.